The van der Waals surface area contributed by atoms with Crippen molar-refractivity contribution in [1.82, 2.24) is 8.25 Å². The third-order valence-electron chi connectivity index (χ3n) is 2.28. The van der Waals surface area contributed by atoms with Crippen molar-refractivity contribution in [2.24, 2.45) is 0 Å². The van der Waals surface area contributed by atoms with Gasteiger partial charge in [-0.05, 0) is 0 Å². The molecule has 2 aliphatic heterocycles. The maximum absolute atomic E-state index is 11.4. The van der Waals surface area contributed by atoms with Crippen LogP contribution in [0.3, 0.4) is 0 Å². The fourth-order valence-electron chi connectivity index (χ4n) is 2.16. The zero-order valence-electron chi connectivity index (χ0n) is 9.17. The van der Waals surface area contributed by atoms with Crippen LogP contribution >= 0.6 is 0 Å². The molecule has 15 heteroatoms. The van der Waals surface area contributed by atoms with Crippen molar-refractivity contribution in [1.29, 1.82) is 0 Å². The van der Waals surface area contributed by atoms with Crippen LogP contribution in [0.15, 0.2) is 0 Å². The normalized spacial score (nSPS) is 33.7. The highest BCUT2D eigenvalue weighted by Crippen LogP contribution is 2.23. The third kappa shape index (κ3) is 3.41. The van der Waals surface area contributed by atoms with Gasteiger partial charge in [0.1, 0.15) is 0 Å². The second-order valence-corrected chi connectivity index (χ2v) is 11.8. The molecule has 0 aromatic carbocycles. The van der Waals surface area contributed by atoms with Gasteiger partial charge in [0, 0.05) is 0 Å². The first kappa shape index (κ1) is 15.1. The summed E-state index contributed by atoms with van der Waals surface area (Å²) in [5.41, 5.74) is 0. The summed E-state index contributed by atoms with van der Waals surface area (Å²) in [5, 5.41) is 0. The molecule has 0 amide bonds. The van der Waals surface area contributed by atoms with Crippen LogP contribution in [0.5, 0.6) is 0 Å². The Kier molecular flexibility index (Phi) is 3.07. The Hall–Kier alpha value is -0.320. The van der Waals surface area contributed by atoms with E-state index < -0.39 is 68.1 Å². The molecule has 2 N–H and O–H groups in total. The molecule has 0 aliphatic carbocycles. The lowest BCUT2D eigenvalue weighted by Crippen LogP contribution is -2.69. The van der Waals surface area contributed by atoms with Crippen molar-refractivity contribution in [3.05, 3.63) is 0 Å². The van der Waals surface area contributed by atoms with E-state index in [0.29, 0.717) is 0 Å². The minimum atomic E-state index is -4.32. The van der Waals surface area contributed by atoms with Gasteiger partial charge >= 0.3 is 0 Å². The molecule has 0 unspecified atom stereocenters. The molecule has 0 saturated carbocycles. The van der Waals surface area contributed by atoms with E-state index in [4.69, 9.17) is 0 Å². The first-order valence-corrected chi connectivity index (χ1v) is 11.2. The number of nitrogens with one attached hydrogen (secondary N) is 2. The van der Waals surface area contributed by atoms with Gasteiger partial charge < -0.3 is 0 Å². The van der Waals surface area contributed by atoms with Crippen molar-refractivity contribution < 1.29 is 38.2 Å². The van der Waals surface area contributed by atoms with Crippen LogP contribution in [0.25, 0.3) is 0 Å². The largest absolute Gasteiger partial charge is 0.275 e. The monoisotopic (exact) mass is 356 g/mol. The molecule has 2 fully saturated rings. The van der Waals surface area contributed by atoms with Crippen LogP contribution < -0.4 is 8.25 Å². The molecule has 2 rings (SSSR count). The van der Waals surface area contributed by atoms with Crippen LogP contribution in [-0.4, -0.2) is 61.7 Å². The van der Waals surface area contributed by atoms with Gasteiger partial charge in [-0.15, -0.1) is 0 Å². The van der Waals surface area contributed by atoms with E-state index in [0.717, 1.165) is 0 Å². The number of sulfonamides is 4. The number of hydrogen-bond acceptors (Lipinski definition) is 8. The Balaban J connectivity index is 2.59. The first-order chi connectivity index (χ1) is 8.24. The SMILES string of the molecule is O=S1(=O)C[N+]2(CS(=O)(=O)N1)CS(=O)(=O)NS(=O)(=O)C2. The molecule has 0 radical (unpaired) electrons. The predicted octanol–water partition coefficient (Wildman–Crippen LogP) is -3.84. The molecule has 2 heterocycles. The Morgan fingerprint density at radius 1 is 0.526 bits per heavy atom. The summed E-state index contributed by atoms with van der Waals surface area (Å²) < 4.78 is 93.2. The fourth-order valence-corrected chi connectivity index (χ4v) is 10.8. The van der Waals surface area contributed by atoms with Crippen LogP contribution in [0.2, 0.25) is 0 Å². The summed E-state index contributed by atoms with van der Waals surface area (Å²) in [7, 11) is -17.3. The molecular weight excluding hydrogens is 346 g/mol. The quantitative estimate of drug-likeness (QED) is 0.417. The molecule has 19 heavy (non-hydrogen) atoms. The number of rotatable bonds is 0. The molecule has 1 spiro atoms. The van der Waals surface area contributed by atoms with Crippen molar-refractivity contribution in [2.45, 2.75) is 0 Å². The van der Waals surface area contributed by atoms with E-state index >= 15 is 0 Å². The minimum Gasteiger partial charge on any atom is -0.269 e. The highest BCUT2D eigenvalue weighted by Gasteiger charge is 2.53. The van der Waals surface area contributed by atoms with Crippen molar-refractivity contribution in [3.8, 4) is 0 Å². The standard InChI is InChI=1S/C4H10N3O8S4/c8-16(9)1-7(2-17(10,11)5-16)3-18(12,13)6-19(14,15)4-7/h5-6H,1-4H2/q+1. The second kappa shape index (κ2) is 3.86. The molecule has 0 bridgehead atoms. The number of hydrogen-bond donors (Lipinski definition) is 2. The molecule has 11 nitrogen and oxygen atoms in total. The van der Waals surface area contributed by atoms with Gasteiger partial charge in [-0.25, -0.2) is 33.7 Å². The van der Waals surface area contributed by atoms with Crippen molar-refractivity contribution in [2.75, 3.05) is 23.5 Å². The van der Waals surface area contributed by atoms with Gasteiger partial charge in [-0.1, -0.05) is 8.25 Å². The lowest BCUT2D eigenvalue weighted by atomic mass is 10.7. The van der Waals surface area contributed by atoms with E-state index in [2.05, 4.69) is 0 Å². The zero-order valence-corrected chi connectivity index (χ0v) is 12.4. The van der Waals surface area contributed by atoms with Gasteiger partial charge in [0.05, 0.1) is 0 Å². The molecule has 0 aromatic rings. The van der Waals surface area contributed by atoms with Gasteiger partial charge in [-0.3, -0.25) is 4.48 Å². The Morgan fingerprint density at radius 2 is 0.737 bits per heavy atom. The van der Waals surface area contributed by atoms with Crippen molar-refractivity contribution in [3.63, 3.8) is 0 Å². The molecule has 2 saturated heterocycles. The first-order valence-electron chi connectivity index (χ1n) is 4.57. The molecule has 2 aliphatic rings. The average molecular weight is 356 g/mol. The zero-order chi connectivity index (χ0) is 14.7. The molecule has 0 atom stereocenters. The topological polar surface area (TPSA) is 161 Å². The summed E-state index contributed by atoms with van der Waals surface area (Å²) in [6.45, 7) is 0. The van der Waals surface area contributed by atoms with Crippen LogP contribution in [0.1, 0.15) is 0 Å². The van der Waals surface area contributed by atoms with E-state index in [1.807, 2.05) is 0 Å². The average Bonchev–Trinajstić information content (AvgIpc) is 1.84. The lowest BCUT2D eigenvalue weighted by molar-refractivity contribution is -0.883. The Morgan fingerprint density at radius 3 is 0.947 bits per heavy atom. The van der Waals surface area contributed by atoms with Crippen LogP contribution in [0, 0.1) is 0 Å². The van der Waals surface area contributed by atoms with E-state index in [-0.39, 0.29) is 0 Å². The van der Waals surface area contributed by atoms with Gasteiger partial charge in [0.25, 0.3) is 40.1 Å². The smallest absolute Gasteiger partial charge is 0.269 e. The molecule has 112 valence electrons. The Labute approximate surface area is 110 Å². The van der Waals surface area contributed by atoms with E-state index in [1.165, 1.54) is 8.25 Å². The maximum atomic E-state index is 11.4. The van der Waals surface area contributed by atoms with Crippen LogP contribution in [0.4, 0.5) is 0 Å². The third-order valence-corrected chi connectivity index (χ3v) is 9.90. The number of quaternary nitrogens is 1. The summed E-state index contributed by atoms with van der Waals surface area (Å²) >= 11 is 0. The predicted molar refractivity (Wildman–Crippen MR) is 61.7 cm³/mol. The number of nitrogens with zero attached hydrogens (tertiary/aromatic N) is 1. The second-order valence-electron chi connectivity index (χ2n) is 4.48. The highest BCUT2D eigenvalue weighted by atomic mass is 32.3. The van der Waals surface area contributed by atoms with Gasteiger partial charge in [0.2, 0.25) is 0 Å². The van der Waals surface area contributed by atoms with Crippen LogP contribution in [-0.2, 0) is 40.1 Å². The summed E-state index contributed by atoms with van der Waals surface area (Å²) in [6, 6.07) is 0. The van der Waals surface area contributed by atoms with Gasteiger partial charge in [-0.2, -0.15) is 0 Å². The lowest BCUT2D eigenvalue weighted by Gasteiger charge is -2.41. The van der Waals surface area contributed by atoms with Crippen molar-refractivity contribution >= 4 is 40.1 Å². The minimum absolute atomic E-state index is 0.938. The molecular formula is C4H10N3O8S4+. The fraction of sp³-hybridized carbons (Fsp3) is 1.00. The van der Waals surface area contributed by atoms with E-state index in [9.17, 15) is 33.7 Å². The summed E-state index contributed by atoms with van der Waals surface area (Å²) in [5.74, 6) is -3.75. The molecule has 0 aromatic heterocycles. The summed E-state index contributed by atoms with van der Waals surface area (Å²) in [4.78, 5) is 0. The highest BCUT2D eigenvalue weighted by molar-refractivity contribution is 8.06. The maximum Gasteiger partial charge on any atom is 0.275 e. The summed E-state index contributed by atoms with van der Waals surface area (Å²) in [6.07, 6.45) is 0. The van der Waals surface area contributed by atoms with E-state index in [1.54, 1.807) is 0 Å². The van der Waals surface area contributed by atoms with Gasteiger partial charge in [0.15, 0.2) is 23.5 Å². The Bertz CT molecular complexity index is 675.